The fraction of sp³-hybridized carbons (Fsp3) is 0.0800. The second kappa shape index (κ2) is 9.08. The third-order valence-electron chi connectivity index (χ3n) is 4.95. The summed E-state index contributed by atoms with van der Waals surface area (Å²) < 4.78 is 21.0. The van der Waals surface area contributed by atoms with Crippen molar-refractivity contribution in [2.24, 2.45) is 5.73 Å². The highest BCUT2D eigenvalue weighted by molar-refractivity contribution is 6.33. The summed E-state index contributed by atoms with van der Waals surface area (Å²) in [4.78, 5) is 3.99. The second-order valence-electron chi connectivity index (χ2n) is 6.85. The van der Waals surface area contributed by atoms with Crippen molar-refractivity contribution in [1.82, 2.24) is 4.98 Å². The van der Waals surface area contributed by atoms with Crippen LogP contribution in [0, 0.1) is 5.82 Å². The van der Waals surface area contributed by atoms with Crippen molar-refractivity contribution in [2.45, 2.75) is 5.92 Å². The first-order chi connectivity index (χ1) is 14.7. The standard InChI is InChI=1S/C25H20ClFN2O/c26-23-12-11-18(22(15-28)17-6-2-1-3-7-17)14-21(23)20-9-4-10-24(25(20)27)30-19-8-5-13-29-16-19/h1-14,16,22H,15,28H2. The Morgan fingerprint density at radius 3 is 2.47 bits per heavy atom. The Balaban J connectivity index is 1.74. The molecule has 5 heteroatoms. The highest BCUT2D eigenvalue weighted by Gasteiger charge is 2.18. The summed E-state index contributed by atoms with van der Waals surface area (Å²) >= 11 is 6.46. The first-order valence-electron chi connectivity index (χ1n) is 9.58. The number of ether oxygens (including phenoxy) is 1. The van der Waals surface area contributed by atoms with Crippen molar-refractivity contribution in [3.63, 3.8) is 0 Å². The van der Waals surface area contributed by atoms with E-state index in [0.717, 1.165) is 11.1 Å². The number of nitrogens with two attached hydrogens (primary N) is 1. The quantitative estimate of drug-likeness (QED) is 0.392. The first kappa shape index (κ1) is 20.1. The maximum absolute atomic E-state index is 15.3. The van der Waals surface area contributed by atoms with Gasteiger partial charge in [0.1, 0.15) is 5.75 Å². The van der Waals surface area contributed by atoms with Crippen molar-refractivity contribution in [2.75, 3.05) is 6.54 Å². The number of hydrogen-bond acceptors (Lipinski definition) is 3. The lowest BCUT2D eigenvalue weighted by atomic mass is 9.89. The molecule has 150 valence electrons. The van der Waals surface area contributed by atoms with E-state index in [0.29, 0.717) is 28.4 Å². The largest absolute Gasteiger partial charge is 0.453 e. The summed E-state index contributed by atoms with van der Waals surface area (Å²) in [5, 5.41) is 0.458. The van der Waals surface area contributed by atoms with Crippen LogP contribution in [0.3, 0.4) is 0 Å². The zero-order chi connectivity index (χ0) is 20.9. The van der Waals surface area contributed by atoms with Gasteiger partial charge in [-0.2, -0.15) is 0 Å². The summed E-state index contributed by atoms with van der Waals surface area (Å²) in [6, 6.07) is 24.1. The molecule has 1 heterocycles. The normalized spacial score (nSPS) is 11.8. The van der Waals surface area contributed by atoms with E-state index < -0.39 is 5.82 Å². The van der Waals surface area contributed by atoms with Gasteiger partial charge in [-0.05, 0) is 41.5 Å². The summed E-state index contributed by atoms with van der Waals surface area (Å²) in [7, 11) is 0. The molecule has 0 spiro atoms. The summed E-state index contributed by atoms with van der Waals surface area (Å²) in [6.45, 7) is 0.428. The Morgan fingerprint density at radius 2 is 1.73 bits per heavy atom. The van der Waals surface area contributed by atoms with Gasteiger partial charge < -0.3 is 10.5 Å². The van der Waals surface area contributed by atoms with Crippen molar-refractivity contribution in [1.29, 1.82) is 0 Å². The average Bonchev–Trinajstić information content (AvgIpc) is 2.78. The van der Waals surface area contributed by atoms with Crippen LogP contribution in [0.4, 0.5) is 4.39 Å². The van der Waals surface area contributed by atoms with Crippen LogP contribution in [-0.4, -0.2) is 11.5 Å². The van der Waals surface area contributed by atoms with E-state index in [1.54, 1.807) is 42.6 Å². The Morgan fingerprint density at radius 1 is 0.900 bits per heavy atom. The van der Waals surface area contributed by atoms with Gasteiger partial charge in [-0.1, -0.05) is 60.1 Å². The van der Waals surface area contributed by atoms with Gasteiger partial charge in [0.05, 0.1) is 6.20 Å². The number of halogens is 2. The molecule has 0 aliphatic carbocycles. The fourth-order valence-corrected chi connectivity index (χ4v) is 3.67. The van der Waals surface area contributed by atoms with E-state index in [4.69, 9.17) is 22.1 Å². The van der Waals surface area contributed by atoms with E-state index >= 15 is 4.39 Å². The van der Waals surface area contributed by atoms with Gasteiger partial charge in [0.2, 0.25) is 0 Å². The van der Waals surface area contributed by atoms with Gasteiger partial charge >= 0.3 is 0 Å². The predicted molar refractivity (Wildman–Crippen MR) is 118 cm³/mol. The maximum atomic E-state index is 15.3. The van der Waals surface area contributed by atoms with Crippen molar-refractivity contribution in [3.05, 3.63) is 113 Å². The molecule has 0 radical (unpaired) electrons. The minimum Gasteiger partial charge on any atom is -0.453 e. The van der Waals surface area contributed by atoms with Crippen LogP contribution in [0.15, 0.2) is 91.3 Å². The molecular formula is C25H20ClFN2O. The van der Waals surface area contributed by atoms with Crippen LogP contribution < -0.4 is 10.5 Å². The van der Waals surface area contributed by atoms with E-state index in [9.17, 15) is 0 Å². The molecule has 0 bridgehead atoms. The topological polar surface area (TPSA) is 48.1 Å². The van der Waals surface area contributed by atoms with E-state index in [1.807, 2.05) is 42.5 Å². The van der Waals surface area contributed by atoms with Crippen LogP contribution in [0.2, 0.25) is 5.02 Å². The van der Waals surface area contributed by atoms with Gasteiger partial charge in [0, 0.05) is 34.8 Å². The second-order valence-corrected chi connectivity index (χ2v) is 7.25. The molecule has 30 heavy (non-hydrogen) atoms. The number of benzene rings is 3. The molecule has 1 unspecified atom stereocenters. The SMILES string of the molecule is NCC(c1ccccc1)c1ccc(Cl)c(-c2cccc(Oc3cccnc3)c2F)c1. The molecule has 3 aromatic carbocycles. The number of hydrogen-bond donors (Lipinski definition) is 1. The molecule has 3 nitrogen and oxygen atoms in total. The molecule has 4 rings (SSSR count). The Hall–Kier alpha value is -3.21. The minimum absolute atomic E-state index is 0.0138. The van der Waals surface area contributed by atoms with E-state index in [1.165, 1.54) is 6.20 Å². The fourth-order valence-electron chi connectivity index (χ4n) is 3.45. The Bertz CT molecular complexity index is 1140. The molecule has 0 saturated carbocycles. The molecule has 0 amide bonds. The highest BCUT2D eigenvalue weighted by atomic mass is 35.5. The molecule has 1 aromatic heterocycles. The molecule has 0 saturated heterocycles. The number of aromatic nitrogens is 1. The van der Waals surface area contributed by atoms with Crippen LogP contribution >= 0.6 is 11.6 Å². The number of pyridine rings is 1. The molecule has 0 fully saturated rings. The van der Waals surface area contributed by atoms with Crippen molar-refractivity contribution < 1.29 is 9.13 Å². The van der Waals surface area contributed by atoms with Gasteiger partial charge in [-0.3, -0.25) is 4.98 Å². The smallest absolute Gasteiger partial charge is 0.173 e. The molecule has 2 N–H and O–H groups in total. The molecule has 1 atom stereocenters. The Kier molecular flexibility index (Phi) is 6.07. The summed E-state index contributed by atoms with van der Waals surface area (Å²) in [5.74, 6) is 0.0746. The van der Waals surface area contributed by atoms with E-state index in [-0.39, 0.29) is 11.7 Å². The lowest BCUT2D eigenvalue weighted by Crippen LogP contribution is -2.13. The van der Waals surface area contributed by atoms with Crippen molar-refractivity contribution >= 4 is 11.6 Å². The summed E-state index contributed by atoms with van der Waals surface area (Å²) in [5.41, 5.74) is 9.11. The third kappa shape index (κ3) is 4.20. The van der Waals surface area contributed by atoms with Gasteiger partial charge in [0.25, 0.3) is 0 Å². The van der Waals surface area contributed by atoms with Crippen LogP contribution in [0.1, 0.15) is 17.0 Å². The minimum atomic E-state index is -0.482. The van der Waals surface area contributed by atoms with E-state index in [2.05, 4.69) is 4.98 Å². The zero-order valence-electron chi connectivity index (χ0n) is 16.1. The lowest BCUT2D eigenvalue weighted by molar-refractivity contribution is 0.442. The molecule has 0 aliphatic heterocycles. The van der Waals surface area contributed by atoms with Gasteiger partial charge in [0.15, 0.2) is 11.6 Å². The van der Waals surface area contributed by atoms with Crippen LogP contribution in [0.25, 0.3) is 11.1 Å². The molecular weight excluding hydrogens is 399 g/mol. The predicted octanol–water partition coefficient (Wildman–Crippen LogP) is 6.42. The van der Waals surface area contributed by atoms with Gasteiger partial charge in [-0.15, -0.1) is 0 Å². The average molecular weight is 419 g/mol. The Labute approximate surface area is 179 Å². The van der Waals surface area contributed by atoms with Crippen molar-refractivity contribution in [3.8, 4) is 22.6 Å². The molecule has 0 aliphatic rings. The van der Waals surface area contributed by atoms with Crippen LogP contribution in [0.5, 0.6) is 11.5 Å². The number of rotatable bonds is 6. The summed E-state index contributed by atoms with van der Waals surface area (Å²) in [6.07, 6.45) is 3.16. The monoisotopic (exact) mass is 418 g/mol. The van der Waals surface area contributed by atoms with Gasteiger partial charge in [-0.25, -0.2) is 4.39 Å². The maximum Gasteiger partial charge on any atom is 0.173 e. The zero-order valence-corrected chi connectivity index (χ0v) is 16.9. The highest BCUT2D eigenvalue weighted by Crippen LogP contribution is 2.37. The van der Waals surface area contributed by atoms with Crippen LogP contribution in [-0.2, 0) is 0 Å². The number of nitrogens with zero attached hydrogens (tertiary/aromatic N) is 1. The lowest BCUT2D eigenvalue weighted by Gasteiger charge is -2.18. The molecule has 4 aromatic rings. The first-order valence-corrected chi connectivity index (χ1v) is 9.96. The third-order valence-corrected chi connectivity index (χ3v) is 5.28.